The summed E-state index contributed by atoms with van der Waals surface area (Å²) in [5.41, 5.74) is 6.29. The molecule has 0 aliphatic heterocycles. The second-order valence-corrected chi connectivity index (χ2v) is 6.98. The Bertz CT molecular complexity index is 732. The third-order valence-electron chi connectivity index (χ3n) is 3.28. The van der Waals surface area contributed by atoms with Crippen LogP contribution in [-0.4, -0.2) is 27.0 Å². The van der Waals surface area contributed by atoms with E-state index in [9.17, 15) is 9.59 Å². The maximum absolute atomic E-state index is 12.5. The quantitative estimate of drug-likeness (QED) is 0.785. The zero-order valence-electron chi connectivity index (χ0n) is 13.8. The zero-order valence-corrected chi connectivity index (χ0v) is 14.6. The molecule has 1 aromatic heterocycles. The van der Waals surface area contributed by atoms with Crippen LogP contribution in [0.5, 0.6) is 0 Å². The Hall–Kier alpha value is -2.41. The molecule has 0 bridgehead atoms. The van der Waals surface area contributed by atoms with Gasteiger partial charge in [0, 0.05) is 10.8 Å². The smallest absolute Gasteiger partial charge is 0.256 e. The Labute approximate surface area is 145 Å². The Kier molecular flexibility index (Phi) is 5.92. The summed E-state index contributed by atoms with van der Waals surface area (Å²) < 4.78 is 0. The van der Waals surface area contributed by atoms with Crippen LogP contribution in [0.3, 0.4) is 0 Å². The van der Waals surface area contributed by atoms with Crippen LogP contribution in [0.1, 0.15) is 42.9 Å². The fraction of sp³-hybridized carbons (Fsp3) is 0.294. The lowest BCUT2D eigenvalue weighted by Gasteiger charge is -2.12. The average molecular weight is 344 g/mol. The number of nitrogens with zero attached hydrogens (tertiary/aromatic N) is 2. The number of hydrogen-bond donors (Lipinski definition) is 2. The monoisotopic (exact) mass is 344 g/mol. The number of nitrogens with two attached hydrogens (primary N) is 1. The zero-order chi connectivity index (χ0) is 17.7. The summed E-state index contributed by atoms with van der Waals surface area (Å²) in [7, 11) is 0. The second-order valence-electron chi connectivity index (χ2n) is 5.60. The molecule has 126 valence electrons. The molecule has 3 N–H and O–H groups in total. The van der Waals surface area contributed by atoms with E-state index in [-0.39, 0.29) is 11.8 Å². The van der Waals surface area contributed by atoms with E-state index in [1.165, 1.54) is 11.8 Å². The van der Waals surface area contributed by atoms with Gasteiger partial charge in [-0.25, -0.2) is 9.97 Å². The van der Waals surface area contributed by atoms with E-state index in [4.69, 9.17) is 5.73 Å². The molecular formula is C17H20N4O2S. The number of benzene rings is 1. The van der Waals surface area contributed by atoms with Gasteiger partial charge in [0.05, 0.1) is 28.9 Å². The number of primary amides is 1. The van der Waals surface area contributed by atoms with Crippen LogP contribution in [0.25, 0.3) is 0 Å². The third kappa shape index (κ3) is 4.55. The number of amides is 2. The van der Waals surface area contributed by atoms with Gasteiger partial charge in [0.1, 0.15) is 5.82 Å². The fourth-order valence-electron chi connectivity index (χ4n) is 1.90. The predicted octanol–water partition coefficient (Wildman–Crippen LogP) is 2.82. The number of aromatic nitrogens is 2. The van der Waals surface area contributed by atoms with Gasteiger partial charge in [-0.05, 0) is 19.1 Å². The van der Waals surface area contributed by atoms with Crippen molar-refractivity contribution in [1.29, 1.82) is 0 Å². The first-order valence-corrected chi connectivity index (χ1v) is 8.44. The number of carbonyl (C=O) groups excluding carboxylic acids is 2. The molecular weight excluding hydrogens is 324 g/mol. The largest absolute Gasteiger partial charge is 0.369 e. The summed E-state index contributed by atoms with van der Waals surface area (Å²) in [4.78, 5) is 32.9. The van der Waals surface area contributed by atoms with Crippen LogP contribution in [-0.2, 0) is 4.79 Å². The van der Waals surface area contributed by atoms with Crippen LogP contribution in [0, 0.1) is 0 Å². The van der Waals surface area contributed by atoms with Crippen molar-refractivity contribution in [3.63, 3.8) is 0 Å². The van der Waals surface area contributed by atoms with Gasteiger partial charge in [-0.3, -0.25) is 9.59 Å². The lowest BCUT2D eigenvalue weighted by atomic mass is 10.2. The van der Waals surface area contributed by atoms with E-state index >= 15 is 0 Å². The van der Waals surface area contributed by atoms with E-state index in [1.54, 1.807) is 37.5 Å². The summed E-state index contributed by atoms with van der Waals surface area (Å²) >= 11 is 1.26. The van der Waals surface area contributed by atoms with E-state index in [1.807, 2.05) is 19.9 Å². The first-order chi connectivity index (χ1) is 11.4. The minimum atomic E-state index is -0.424. The van der Waals surface area contributed by atoms with Crippen molar-refractivity contribution in [2.75, 3.05) is 5.32 Å². The maximum Gasteiger partial charge on any atom is 0.256 e. The standard InChI is InChI=1S/C17H20N4O2S/c1-10(2)16-19-8-12(9-20-16)21-17(23)13-6-4-5-7-14(13)24-11(3)15(18)22/h4-11H,1-3H3,(H2,18,22)(H,21,23)/t11-/m0/s1. The molecule has 0 unspecified atom stereocenters. The van der Waals surface area contributed by atoms with Crippen LogP contribution >= 0.6 is 11.8 Å². The third-order valence-corrected chi connectivity index (χ3v) is 4.48. The Morgan fingerprint density at radius 2 is 1.75 bits per heavy atom. The van der Waals surface area contributed by atoms with Crippen molar-refractivity contribution in [1.82, 2.24) is 9.97 Å². The molecule has 0 spiro atoms. The van der Waals surface area contributed by atoms with Gasteiger partial charge in [-0.1, -0.05) is 26.0 Å². The molecule has 1 heterocycles. The van der Waals surface area contributed by atoms with Gasteiger partial charge in [-0.15, -0.1) is 11.8 Å². The Balaban J connectivity index is 2.16. The number of carbonyl (C=O) groups is 2. The van der Waals surface area contributed by atoms with E-state index in [0.717, 1.165) is 5.82 Å². The van der Waals surface area contributed by atoms with Crippen LogP contribution in [0.4, 0.5) is 5.69 Å². The first-order valence-electron chi connectivity index (χ1n) is 7.56. The minimum Gasteiger partial charge on any atom is -0.369 e. The number of anilines is 1. The molecule has 6 nitrogen and oxygen atoms in total. The highest BCUT2D eigenvalue weighted by Crippen LogP contribution is 2.27. The van der Waals surface area contributed by atoms with E-state index < -0.39 is 11.2 Å². The SMILES string of the molecule is CC(C)c1ncc(NC(=O)c2ccccc2S[C@@H](C)C(N)=O)cn1. The summed E-state index contributed by atoms with van der Waals surface area (Å²) in [6.07, 6.45) is 3.17. The average Bonchev–Trinajstić information content (AvgIpc) is 2.55. The van der Waals surface area contributed by atoms with E-state index in [2.05, 4.69) is 15.3 Å². The van der Waals surface area contributed by atoms with Crippen molar-refractivity contribution in [3.05, 3.63) is 48.0 Å². The van der Waals surface area contributed by atoms with Crippen molar-refractivity contribution < 1.29 is 9.59 Å². The van der Waals surface area contributed by atoms with Gasteiger partial charge in [0.15, 0.2) is 0 Å². The normalized spacial score (nSPS) is 12.0. The van der Waals surface area contributed by atoms with Crippen molar-refractivity contribution in [2.24, 2.45) is 5.73 Å². The molecule has 24 heavy (non-hydrogen) atoms. The number of thioether (sulfide) groups is 1. The first kappa shape index (κ1) is 17.9. The predicted molar refractivity (Wildman–Crippen MR) is 95.0 cm³/mol. The topological polar surface area (TPSA) is 98.0 Å². The van der Waals surface area contributed by atoms with Gasteiger partial charge < -0.3 is 11.1 Å². The molecule has 0 aliphatic rings. The molecule has 2 aromatic rings. The molecule has 0 aliphatic carbocycles. The highest BCUT2D eigenvalue weighted by atomic mass is 32.2. The maximum atomic E-state index is 12.5. The van der Waals surface area contributed by atoms with Crippen LogP contribution in [0.2, 0.25) is 0 Å². The molecule has 0 saturated carbocycles. The van der Waals surface area contributed by atoms with Crippen molar-refractivity contribution in [3.8, 4) is 0 Å². The highest BCUT2D eigenvalue weighted by Gasteiger charge is 2.17. The highest BCUT2D eigenvalue weighted by molar-refractivity contribution is 8.00. The summed E-state index contributed by atoms with van der Waals surface area (Å²) in [6.45, 7) is 5.71. The lowest BCUT2D eigenvalue weighted by molar-refractivity contribution is -0.117. The molecule has 0 radical (unpaired) electrons. The summed E-state index contributed by atoms with van der Waals surface area (Å²) in [5, 5.41) is 2.35. The lowest BCUT2D eigenvalue weighted by Crippen LogP contribution is -2.23. The Morgan fingerprint density at radius 3 is 2.33 bits per heavy atom. The van der Waals surface area contributed by atoms with Crippen LogP contribution < -0.4 is 11.1 Å². The van der Waals surface area contributed by atoms with Crippen LogP contribution in [0.15, 0.2) is 41.6 Å². The summed E-state index contributed by atoms with van der Waals surface area (Å²) in [5.74, 6) is 0.241. The molecule has 0 fully saturated rings. The van der Waals surface area contributed by atoms with Crippen molar-refractivity contribution >= 4 is 29.3 Å². The minimum absolute atomic E-state index is 0.224. The molecule has 2 rings (SSSR count). The number of hydrogen-bond acceptors (Lipinski definition) is 5. The number of nitrogens with one attached hydrogen (secondary N) is 1. The van der Waals surface area contributed by atoms with Gasteiger partial charge in [-0.2, -0.15) is 0 Å². The molecule has 2 amide bonds. The number of rotatable bonds is 6. The van der Waals surface area contributed by atoms with E-state index in [0.29, 0.717) is 16.1 Å². The summed E-state index contributed by atoms with van der Waals surface area (Å²) in [6, 6.07) is 7.08. The van der Waals surface area contributed by atoms with Crippen molar-refractivity contribution in [2.45, 2.75) is 36.8 Å². The van der Waals surface area contributed by atoms with Gasteiger partial charge in [0.25, 0.3) is 5.91 Å². The van der Waals surface area contributed by atoms with Gasteiger partial charge >= 0.3 is 0 Å². The molecule has 1 aromatic carbocycles. The molecule has 1 atom stereocenters. The fourth-order valence-corrected chi connectivity index (χ4v) is 2.85. The van der Waals surface area contributed by atoms with Gasteiger partial charge in [0.2, 0.25) is 5.91 Å². The Morgan fingerprint density at radius 1 is 1.12 bits per heavy atom. The molecule has 0 saturated heterocycles. The molecule has 7 heteroatoms. The second kappa shape index (κ2) is 7.92.